The van der Waals surface area contributed by atoms with Crippen molar-refractivity contribution in [1.82, 2.24) is 15.3 Å². The lowest BCUT2D eigenvalue weighted by Crippen LogP contribution is -2.31. The summed E-state index contributed by atoms with van der Waals surface area (Å²) in [7, 11) is -3.42. The highest BCUT2D eigenvalue weighted by atomic mass is 32.2. The average Bonchev–Trinajstić information content (AvgIpc) is 3.17. The van der Waals surface area contributed by atoms with Gasteiger partial charge in [-0.2, -0.15) is 0 Å². The Morgan fingerprint density at radius 1 is 1.03 bits per heavy atom. The molecule has 0 spiro atoms. The normalized spacial score (nSPS) is 12.6. The Kier molecular flexibility index (Phi) is 5.61. The molecule has 158 valence electrons. The van der Waals surface area contributed by atoms with Gasteiger partial charge in [-0.05, 0) is 48.7 Å². The molecule has 1 heterocycles. The SMILES string of the molecule is Cc1ccc(S(C)(=O)=O)cc1C(=O)N[C@H](Cc1ccccc1)c1nc2ccccc2[nH]1. The average molecular weight is 434 g/mol. The van der Waals surface area contributed by atoms with E-state index in [-0.39, 0.29) is 10.8 Å². The van der Waals surface area contributed by atoms with Crippen molar-refractivity contribution in [2.24, 2.45) is 0 Å². The van der Waals surface area contributed by atoms with E-state index < -0.39 is 15.9 Å². The van der Waals surface area contributed by atoms with Gasteiger partial charge in [-0.15, -0.1) is 0 Å². The van der Waals surface area contributed by atoms with Crippen LogP contribution >= 0.6 is 0 Å². The highest BCUT2D eigenvalue weighted by Gasteiger charge is 2.22. The minimum absolute atomic E-state index is 0.117. The first-order valence-corrected chi connectivity index (χ1v) is 11.8. The number of H-pyrrole nitrogens is 1. The summed E-state index contributed by atoms with van der Waals surface area (Å²) in [5.41, 5.74) is 3.79. The van der Waals surface area contributed by atoms with Crippen molar-refractivity contribution in [3.05, 3.63) is 95.3 Å². The van der Waals surface area contributed by atoms with Gasteiger partial charge >= 0.3 is 0 Å². The lowest BCUT2D eigenvalue weighted by Gasteiger charge is -2.18. The van der Waals surface area contributed by atoms with Crippen LogP contribution in [0, 0.1) is 6.92 Å². The van der Waals surface area contributed by atoms with Crippen LogP contribution in [0.15, 0.2) is 77.7 Å². The standard InChI is InChI=1S/C24H23N3O3S/c1-16-12-13-18(31(2,29)30)15-19(16)24(28)27-22(14-17-8-4-3-5-9-17)23-25-20-10-6-7-11-21(20)26-23/h3-13,15,22H,14H2,1-2H3,(H,25,26)(H,27,28)/t22-/m1/s1. The first-order valence-electron chi connectivity index (χ1n) is 9.91. The summed E-state index contributed by atoms with van der Waals surface area (Å²) >= 11 is 0. The number of nitrogens with one attached hydrogen (secondary N) is 2. The van der Waals surface area contributed by atoms with Gasteiger partial charge in [0.15, 0.2) is 9.84 Å². The number of hydrogen-bond acceptors (Lipinski definition) is 4. The summed E-state index contributed by atoms with van der Waals surface area (Å²) in [5, 5.41) is 3.05. The lowest BCUT2D eigenvalue weighted by atomic mass is 10.0. The van der Waals surface area contributed by atoms with Crippen molar-refractivity contribution in [2.75, 3.05) is 6.26 Å². The number of hydrogen-bond donors (Lipinski definition) is 2. The smallest absolute Gasteiger partial charge is 0.252 e. The van der Waals surface area contributed by atoms with E-state index in [9.17, 15) is 13.2 Å². The molecule has 3 aromatic carbocycles. The molecule has 0 aliphatic rings. The number of carbonyl (C=O) groups excluding carboxylic acids is 1. The van der Waals surface area contributed by atoms with E-state index in [1.165, 1.54) is 12.1 Å². The van der Waals surface area contributed by atoms with E-state index in [0.29, 0.717) is 23.4 Å². The minimum atomic E-state index is -3.42. The molecule has 0 aliphatic heterocycles. The Bertz CT molecular complexity index is 1310. The van der Waals surface area contributed by atoms with Gasteiger partial charge in [0, 0.05) is 11.8 Å². The van der Waals surface area contributed by atoms with Gasteiger partial charge in [0.25, 0.3) is 5.91 Å². The molecule has 0 saturated carbocycles. The van der Waals surface area contributed by atoms with E-state index in [4.69, 9.17) is 0 Å². The molecular weight excluding hydrogens is 410 g/mol. The third kappa shape index (κ3) is 4.67. The molecule has 0 saturated heterocycles. The van der Waals surface area contributed by atoms with E-state index >= 15 is 0 Å². The van der Waals surface area contributed by atoms with Crippen LogP contribution in [0.2, 0.25) is 0 Å². The quantitative estimate of drug-likeness (QED) is 0.481. The summed E-state index contributed by atoms with van der Waals surface area (Å²) in [4.78, 5) is 21.3. The maximum atomic E-state index is 13.2. The fraction of sp³-hybridized carbons (Fsp3) is 0.167. The molecule has 0 fully saturated rings. The number of nitrogens with zero attached hydrogens (tertiary/aromatic N) is 1. The monoisotopic (exact) mass is 433 g/mol. The number of sulfone groups is 1. The van der Waals surface area contributed by atoms with E-state index in [1.807, 2.05) is 54.6 Å². The van der Waals surface area contributed by atoms with Gasteiger partial charge in [-0.25, -0.2) is 13.4 Å². The van der Waals surface area contributed by atoms with Crippen molar-refractivity contribution in [3.8, 4) is 0 Å². The number of carbonyl (C=O) groups is 1. The fourth-order valence-corrected chi connectivity index (χ4v) is 4.16. The van der Waals surface area contributed by atoms with Gasteiger partial charge in [0.2, 0.25) is 0 Å². The van der Waals surface area contributed by atoms with Crippen LogP contribution in [0.25, 0.3) is 11.0 Å². The summed E-state index contributed by atoms with van der Waals surface area (Å²) in [6.45, 7) is 1.79. The minimum Gasteiger partial charge on any atom is -0.342 e. The van der Waals surface area contributed by atoms with E-state index in [0.717, 1.165) is 22.9 Å². The summed E-state index contributed by atoms with van der Waals surface area (Å²) in [5.74, 6) is 0.305. The van der Waals surface area contributed by atoms with Crippen molar-refractivity contribution < 1.29 is 13.2 Å². The predicted octanol–water partition coefficient (Wildman–Crippen LogP) is 3.99. The van der Waals surface area contributed by atoms with Gasteiger partial charge < -0.3 is 10.3 Å². The van der Waals surface area contributed by atoms with E-state index in [1.54, 1.807) is 13.0 Å². The second-order valence-corrected chi connectivity index (χ2v) is 9.62. The van der Waals surface area contributed by atoms with Crippen molar-refractivity contribution in [3.63, 3.8) is 0 Å². The zero-order valence-electron chi connectivity index (χ0n) is 17.3. The summed E-state index contributed by atoms with van der Waals surface area (Å²) in [6.07, 6.45) is 1.67. The molecule has 31 heavy (non-hydrogen) atoms. The Hall–Kier alpha value is -3.45. The molecular formula is C24H23N3O3S. The molecule has 0 bridgehead atoms. The number of amides is 1. The summed E-state index contributed by atoms with van der Waals surface area (Å²) < 4.78 is 23.9. The molecule has 4 rings (SSSR count). The topological polar surface area (TPSA) is 91.9 Å². The maximum absolute atomic E-state index is 13.2. The Morgan fingerprint density at radius 3 is 2.45 bits per heavy atom. The van der Waals surface area contributed by atoms with Crippen molar-refractivity contribution in [2.45, 2.75) is 24.3 Å². The largest absolute Gasteiger partial charge is 0.342 e. The Morgan fingerprint density at radius 2 is 1.74 bits per heavy atom. The van der Waals surface area contributed by atoms with Crippen molar-refractivity contribution >= 4 is 26.8 Å². The van der Waals surface area contributed by atoms with Crippen LogP contribution in [0.3, 0.4) is 0 Å². The van der Waals surface area contributed by atoms with Crippen LogP contribution in [-0.2, 0) is 16.3 Å². The molecule has 0 aliphatic carbocycles. The number of para-hydroxylation sites is 2. The van der Waals surface area contributed by atoms with Crippen LogP contribution in [-0.4, -0.2) is 30.5 Å². The number of aromatic amines is 1. The second-order valence-electron chi connectivity index (χ2n) is 7.60. The Balaban J connectivity index is 1.70. The van der Waals surface area contributed by atoms with Crippen molar-refractivity contribution in [1.29, 1.82) is 0 Å². The zero-order chi connectivity index (χ0) is 22.0. The summed E-state index contributed by atoms with van der Waals surface area (Å²) in [6, 6.07) is 21.7. The number of rotatable bonds is 6. The number of aromatic nitrogens is 2. The fourth-order valence-electron chi connectivity index (χ4n) is 3.52. The highest BCUT2D eigenvalue weighted by Crippen LogP contribution is 2.22. The maximum Gasteiger partial charge on any atom is 0.252 e. The van der Waals surface area contributed by atoms with Gasteiger partial charge in [-0.3, -0.25) is 4.79 Å². The van der Waals surface area contributed by atoms with Crippen LogP contribution in [0.1, 0.15) is 33.4 Å². The molecule has 0 radical (unpaired) electrons. The third-order valence-electron chi connectivity index (χ3n) is 5.21. The first kappa shape index (κ1) is 20.8. The third-order valence-corrected chi connectivity index (χ3v) is 6.32. The van der Waals surface area contributed by atoms with Crippen LogP contribution < -0.4 is 5.32 Å². The molecule has 2 N–H and O–H groups in total. The number of aryl methyl sites for hydroxylation is 1. The zero-order valence-corrected chi connectivity index (χ0v) is 18.1. The number of benzene rings is 3. The Labute approximate surface area is 181 Å². The van der Waals surface area contributed by atoms with E-state index in [2.05, 4.69) is 15.3 Å². The van der Waals surface area contributed by atoms with Crippen LogP contribution in [0.5, 0.6) is 0 Å². The molecule has 1 atom stereocenters. The molecule has 0 unspecified atom stereocenters. The molecule has 1 aromatic heterocycles. The predicted molar refractivity (Wildman–Crippen MR) is 121 cm³/mol. The molecule has 7 heteroatoms. The number of fused-ring (bicyclic) bond motifs is 1. The van der Waals surface area contributed by atoms with Gasteiger partial charge in [0.05, 0.1) is 22.0 Å². The second kappa shape index (κ2) is 8.35. The highest BCUT2D eigenvalue weighted by molar-refractivity contribution is 7.90. The molecule has 1 amide bonds. The van der Waals surface area contributed by atoms with Gasteiger partial charge in [0.1, 0.15) is 5.82 Å². The van der Waals surface area contributed by atoms with Crippen LogP contribution in [0.4, 0.5) is 0 Å². The lowest BCUT2D eigenvalue weighted by molar-refractivity contribution is 0.0934. The van der Waals surface area contributed by atoms with Gasteiger partial charge in [-0.1, -0.05) is 48.5 Å². The molecule has 4 aromatic rings. The first-order chi connectivity index (χ1) is 14.8. The molecule has 6 nitrogen and oxygen atoms in total. The number of imidazole rings is 1.